The largest absolute Gasteiger partial charge is 0.481 e. The Morgan fingerprint density at radius 2 is 2.03 bits per heavy atom. The number of rotatable bonds is 7. The summed E-state index contributed by atoms with van der Waals surface area (Å²) < 4.78 is 19.1. The van der Waals surface area contributed by atoms with Gasteiger partial charge >= 0.3 is 0 Å². The van der Waals surface area contributed by atoms with Crippen molar-refractivity contribution in [2.45, 2.75) is 13.1 Å². The number of ether oxygens (including phenoxy) is 1. The molecule has 0 fully saturated rings. The minimum Gasteiger partial charge on any atom is -0.481 e. The molecule has 3 aromatic heterocycles. The minimum atomic E-state index is -0.311. The third-order valence-electron chi connectivity index (χ3n) is 4.32. The van der Waals surface area contributed by atoms with Crippen molar-refractivity contribution in [3.8, 4) is 5.88 Å². The van der Waals surface area contributed by atoms with Crippen molar-refractivity contribution in [2.24, 2.45) is 0 Å². The number of halogens is 1. The van der Waals surface area contributed by atoms with Crippen molar-refractivity contribution in [3.05, 3.63) is 76.7 Å². The summed E-state index contributed by atoms with van der Waals surface area (Å²) in [5.41, 5.74) is 2.55. The van der Waals surface area contributed by atoms with Crippen LogP contribution in [0.15, 0.2) is 54.0 Å². The highest BCUT2D eigenvalue weighted by molar-refractivity contribution is 7.17. The first-order valence-electron chi connectivity index (χ1n) is 9.13. The highest BCUT2D eigenvalue weighted by Gasteiger charge is 2.16. The fraction of sp³-hybridized carbons (Fsp3) is 0.143. The van der Waals surface area contributed by atoms with Crippen LogP contribution in [0.25, 0.3) is 10.2 Å². The fourth-order valence-corrected chi connectivity index (χ4v) is 3.64. The molecule has 0 unspecified atom stereocenters. The molecule has 0 radical (unpaired) electrons. The number of anilines is 1. The topological polar surface area (TPSA) is 89.0 Å². The highest BCUT2D eigenvalue weighted by Crippen LogP contribution is 2.24. The number of hydrogen-bond donors (Lipinski definition) is 2. The molecule has 1 aromatic carbocycles. The molecule has 0 aliphatic heterocycles. The van der Waals surface area contributed by atoms with Gasteiger partial charge in [0.05, 0.1) is 17.3 Å². The lowest BCUT2D eigenvalue weighted by Crippen LogP contribution is -2.24. The fourth-order valence-electron chi connectivity index (χ4n) is 2.83. The first kappa shape index (κ1) is 19.7. The van der Waals surface area contributed by atoms with E-state index in [1.165, 1.54) is 23.5 Å². The average molecular weight is 423 g/mol. The van der Waals surface area contributed by atoms with E-state index in [1.54, 1.807) is 31.5 Å². The third kappa shape index (κ3) is 4.52. The second-order valence-electron chi connectivity index (χ2n) is 6.41. The molecular formula is C21H18FN5O2S. The number of hydrogen-bond acceptors (Lipinski definition) is 7. The summed E-state index contributed by atoms with van der Waals surface area (Å²) in [7, 11) is 1.55. The number of nitrogens with zero attached hydrogens (tertiary/aromatic N) is 3. The molecule has 0 spiro atoms. The molecule has 9 heteroatoms. The molecule has 7 nitrogen and oxygen atoms in total. The van der Waals surface area contributed by atoms with Gasteiger partial charge in [-0.1, -0.05) is 18.2 Å². The molecule has 0 saturated heterocycles. The van der Waals surface area contributed by atoms with Crippen LogP contribution >= 0.6 is 11.3 Å². The minimum absolute atomic E-state index is 0.290. The van der Waals surface area contributed by atoms with Crippen LogP contribution in [0.4, 0.5) is 10.3 Å². The van der Waals surface area contributed by atoms with Crippen LogP contribution in [0.5, 0.6) is 5.88 Å². The van der Waals surface area contributed by atoms with Crippen LogP contribution in [0.1, 0.15) is 21.6 Å². The first-order valence-corrected chi connectivity index (χ1v) is 10.0. The molecule has 0 bridgehead atoms. The molecule has 2 N–H and O–H groups in total. The molecule has 4 aromatic rings. The lowest BCUT2D eigenvalue weighted by molar-refractivity contribution is 0.0948. The van der Waals surface area contributed by atoms with Gasteiger partial charge in [0.25, 0.3) is 5.91 Å². The van der Waals surface area contributed by atoms with Crippen molar-refractivity contribution in [1.29, 1.82) is 0 Å². The van der Waals surface area contributed by atoms with Gasteiger partial charge in [-0.25, -0.2) is 19.3 Å². The van der Waals surface area contributed by atoms with E-state index in [0.717, 1.165) is 11.1 Å². The summed E-state index contributed by atoms with van der Waals surface area (Å²) in [6, 6.07) is 11.7. The molecular weight excluding hydrogens is 405 g/mol. The maximum absolute atomic E-state index is 13.4. The van der Waals surface area contributed by atoms with Gasteiger partial charge in [-0.05, 0) is 34.7 Å². The standard InChI is InChI=1S/C21H18FN5O2S/c1-29-17-6-5-14(11-23-17)12-24-20(28)18-19-16(7-8-30-19)26-21(27-18)25-10-13-3-2-4-15(22)9-13/h2-9,11H,10,12H2,1H3,(H,24,28)(H,25,26,27). The lowest BCUT2D eigenvalue weighted by atomic mass is 10.2. The van der Waals surface area contributed by atoms with Gasteiger partial charge in [-0.15, -0.1) is 11.3 Å². The maximum Gasteiger partial charge on any atom is 0.271 e. The number of nitrogens with one attached hydrogen (secondary N) is 2. The molecule has 1 amide bonds. The van der Waals surface area contributed by atoms with E-state index >= 15 is 0 Å². The zero-order chi connectivity index (χ0) is 20.9. The van der Waals surface area contributed by atoms with Crippen LogP contribution in [0.2, 0.25) is 0 Å². The summed E-state index contributed by atoms with van der Waals surface area (Å²) in [6.45, 7) is 0.644. The van der Waals surface area contributed by atoms with Gasteiger partial charge < -0.3 is 15.4 Å². The Morgan fingerprint density at radius 3 is 2.80 bits per heavy atom. The third-order valence-corrected chi connectivity index (χ3v) is 5.23. The Kier molecular flexibility index (Phi) is 5.80. The Labute approximate surface area is 176 Å². The summed E-state index contributed by atoms with van der Waals surface area (Å²) in [6.07, 6.45) is 1.64. The number of amides is 1. The number of pyridine rings is 1. The highest BCUT2D eigenvalue weighted by atomic mass is 32.1. The molecule has 0 aliphatic rings. The summed E-state index contributed by atoms with van der Waals surface area (Å²) >= 11 is 1.40. The second kappa shape index (κ2) is 8.83. The molecule has 3 heterocycles. The van der Waals surface area contributed by atoms with Crippen LogP contribution in [-0.2, 0) is 13.1 Å². The molecule has 0 aliphatic carbocycles. The van der Waals surface area contributed by atoms with Crippen molar-refractivity contribution < 1.29 is 13.9 Å². The number of benzene rings is 1. The number of methoxy groups -OCH3 is 1. The first-order chi connectivity index (χ1) is 14.6. The second-order valence-corrected chi connectivity index (χ2v) is 7.32. The van der Waals surface area contributed by atoms with E-state index in [2.05, 4.69) is 25.6 Å². The van der Waals surface area contributed by atoms with Crippen molar-refractivity contribution in [3.63, 3.8) is 0 Å². The Morgan fingerprint density at radius 1 is 1.13 bits per heavy atom. The van der Waals surface area contributed by atoms with E-state index in [0.29, 0.717) is 40.8 Å². The maximum atomic E-state index is 13.4. The predicted molar refractivity (Wildman–Crippen MR) is 113 cm³/mol. The molecule has 30 heavy (non-hydrogen) atoms. The SMILES string of the molecule is COc1ccc(CNC(=O)c2nc(NCc3cccc(F)c3)nc3ccsc23)cn1. The zero-order valence-corrected chi connectivity index (χ0v) is 16.9. The normalized spacial score (nSPS) is 10.7. The molecule has 4 rings (SSSR count). The van der Waals surface area contributed by atoms with E-state index in [9.17, 15) is 9.18 Å². The Bertz CT molecular complexity index is 1180. The van der Waals surface area contributed by atoms with Crippen LogP contribution < -0.4 is 15.4 Å². The van der Waals surface area contributed by atoms with E-state index in [4.69, 9.17) is 4.74 Å². The van der Waals surface area contributed by atoms with Gasteiger partial charge in [0.1, 0.15) is 5.82 Å². The Balaban J connectivity index is 1.50. The van der Waals surface area contributed by atoms with Gasteiger partial charge in [-0.2, -0.15) is 0 Å². The Hall–Kier alpha value is -3.59. The van der Waals surface area contributed by atoms with Gasteiger partial charge in [0, 0.05) is 25.4 Å². The lowest BCUT2D eigenvalue weighted by Gasteiger charge is -2.09. The van der Waals surface area contributed by atoms with Crippen LogP contribution in [0.3, 0.4) is 0 Å². The number of carbonyl (C=O) groups excluding carboxylic acids is 1. The smallest absolute Gasteiger partial charge is 0.271 e. The van der Waals surface area contributed by atoms with Gasteiger partial charge in [-0.3, -0.25) is 4.79 Å². The predicted octanol–water partition coefficient (Wildman–Crippen LogP) is 3.78. The van der Waals surface area contributed by atoms with Gasteiger partial charge in [0.15, 0.2) is 5.69 Å². The van der Waals surface area contributed by atoms with E-state index in [1.807, 2.05) is 17.5 Å². The summed E-state index contributed by atoms with van der Waals surface area (Å²) in [5.74, 6) is 0.197. The number of thiophene rings is 1. The van der Waals surface area contributed by atoms with Gasteiger partial charge in [0.2, 0.25) is 11.8 Å². The average Bonchev–Trinajstić information content (AvgIpc) is 3.24. The quantitative estimate of drug-likeness (QED) is 0.470. The van der Waals surface area contributed by atoms with Crippen molar-refractivity contribution in [1.82, 2.24) is 20.3 Å². The summed E-state index contributed by atoms with van der Waals surface area (Å²) in [4.78, 5) is 25.8. The summed E-state index contributed by atoms with van der Waals surface area (Å²) in [5, 5.41) is 7.79. The van der Waals surface area contributed by atoms with Crippen LogP contribution in [-0.4, -0.2) is 28.0 Å². The molecule has 0 saturated carbocycles. The molecule has 0 atom stereocenters. The monoisotopic (exact) mass is 423 g/mol. The molecule has 152 valence electrons. The van der Waals surface area contributed by atoms with Crippen molar-refractivity contribution >= 4 is 33.4 Å². The van der Waals surface area contributed by atoms with Crippen LogP contribution in [0, 0.1) is 5.82 Å². The number of aromatic nitrogens is 3. The number of carbonyl (C=O) groups is 1. The van der Waals surface area contributed by atoms with E-state index < -0.39 is 0 Å². The van der Waals surface area contributed by atoms with E-state index in [-0.39, 0.29) is 11.7 Å². The number of fused-ring (bicyclic) bond motifs is 1. The zero-order valence-electron chi connectivity index (χ0n) is 16.1. The van der Waals surface area contributed by atoms with Crippen molar-refractivity contribution in [2.75, 3.05) is 12.4 Å².